The van der Waals surface area contributed by atoms with Crippen LogP contribution in [0.1, 0.15) is 12.8 Å². The molecule has 4 nitrogen and oxygen atoms in total. The van der Waals surface area contributed by atoms with Crippen molar-refractivity contribution in [2.24, 2.45) is 5.92 Å². The van der Waals surface area contributed by atoms with E-state index in [1.807, 2.05) is 30.3 Å². The van der Waals surface area contributed by atoms with Gasteiger partial charge >= 0.3 is 0 Å². The lowest BCUT2D eigenvalue weighted by molar-refractivity contribution is -0.117. The fourth-order valence-electron chi connectivity index (χ4n) is 2.53. The van der Waals surface area contributed by atoms with Gasteiger partial charge in [0.2, 0.25) is 5.91 Å². The van der Waals surface area contributed by atoms with Crippen LogP contribution in [0.15, 0.2) is 41.0 Å². The Balaban J connectivity index is 1.61. The molecule has 1 aliphatic heterocycles. The van der Waals surface area contributed by atoms with Crippen LogP contribution in [0.5, 0.6) is 0 Å². The fourth-order valence-corrected chi connectivity index (χ4v) is 2.66. The van der Waals surface area contributed by atoms with Gasteiger partial charge in [-0.3, -0.25) is 10.1 Å². The van der Waals surface area contributed by atoms with Gasteiger partial charge in [0, 0.05) is 23.1 Å². The van der Waals surface area contributed by atoms with Crippen LogP contribution < -0.4 is 10.6 Å². The van der Waals surface area contributed by atoms with Gasteiger partial charge in [-0.05, 0) is 43.1 Å². The average Bonchev–Trinajstić information content (AvgIpc) is 3.11. The predicted octanol–water partition coefficient (Wildman–Crippen LogP) is 3.54. The van der Waals surface area contributed by atoms with Crippen LogP contribution in [0.3, 0.4) is 0 Å². The number of amides is 1. The number of rotatable bonds is 4. The van der Waals surface area contributed by atoms with Gasteiger partial charge < -0.3 is 9.73 Å². The highest BCUT2D eigenvalue weighted by atomic mass is 35.5. The molecule has 1 fully saturated rings. The first-order valence-corrected chi connectivity index (χ1v) is 7.43. The molecule has 1 aliphatic rings. The highest BCUT2D eigenvalue weighted by molar-refractivity contribution is 6.30. The van der Waals surface area contributed by atoms with Crippen molar-refractivity contribution in [2.75, 3.05) is 18.4 Å². The Hall–Kier alpha value is -1.78. The molecule has 1 aromatic heterocycles. The molecule has 1 amide bonds. The summed E-state index contributed by atoms with van der Waals surface area (Å²) in [6, 6.07) is 9.32. The smallest absolute Gasteiger partial charge is 0.227 e. The third kappa shape index (κ3) is 3.65. The Morgan fingerprint density at radius 1 is 1.33 bits per heavy atom. The summed E-state index contributed by atoms with van der Waals surface area (Å²) in [4.78, 5) is 11.9. The van der Waals surface area contributed by atoms with Gasteiger partial charge in [0.25, 0.3) is 0 Å². The maximum Gasteiger partial charge on any atom is 0.227 e. The van der Waals surface area contributed by atoms with Crippen molar-refractivity contribution in [3.8, 4) is 11.1 Å². The number of nitrogens with one attached hydrogen (secondary N) is 2. The Bertz CT molecular complexity index is 615. The van der Waals surface area contributed by atoms with Crippen molar-refractivity contribution in [1.82, 2.24) is 5.32 Å². The summed E-state index contributed by atoms with van der Waals surface area (Å²) in [6.45, 7) is 1.92. The minimum atomic E-state index is 0.000654. The van der Waals surface area contributed by atoms with Crippen molar-refractivity contribution in [2.45, 2.75) is 12.8 Å². The number of hydrogen-bond acceptors (Lipinski definition) is 3. The lowest BCUT2D eigenvalue weighted by Crippen LogP contribution is -2.18. The van der Waals surface area contributed by atoms with Gasteiger partial charge in [-0.25, -0.2) is 0 Å². The van der Waals surface area contributed by atoms with Crippen LogP contribution in [0.2, 0.25) is 5.02 Å². The van der Waals surface area contributed by atoms with Crippen molar-refractivity contribution in [3.05, 3.63) is 41.6 Å². The Morgan fingerprint density at radius 2 is 2.14 bits per heavy atom. The molecule has 0 saturated carbocycles. The molecule has 0 spiro atoms. The van der Waals surface area contributed by atoms with Crippen molar-refractivity contribution >= 4 is 23.4 Å². The van der Waals surface area contributed by atoms with E-state index < -0.39 is 0 Å². The highest BCUT2D eigenvalue weighted by Gasteiger charge is 2.18. The number of carbonyl (C=O) groups excluding carboxylic acids is 1. The lowest BCUT2D eigenvalue weighted by atomic mass is 10.0. The van der Waals surface area contributed by atoms with E-state index in [1.54, 1.807) is 6.26 Å². The minimum absolute atomic E-state index is 0.000654. The minimum Gasteiger partial charge on any atom is -0.448 e. The molecule has 21 heavy (non-hydrogen) atoms. The predicted molar refractivity (Wildman–Crippen MR) is 83.4 cm³/mol. The third-order valence-corrected chi connectivity index (χ3v) is 3.93. The van der Waals surface area contributed by atoms with Gasteiger partial charge in [-0.2, -0.15) is 0 Å². The van der Waals surface area contributed by atoms with E-state index in [1.165, 1.54) is 0 Å². The van der Waals surface area contributed by atoms with Crippen LogP contribution in [-0.2, 0) is 4.79 Å². The summed E-state index contributed by atoms with van der Waals surface area (Å²) in [5, 5.41) is 6.76. The zero-order valence-electron chi connectivity index (χ0n) is 11.6. The summed E-state index contributed by atoms with van der Waals surface area (Å²) in [5.41, 5.74) is 1.92. The summed E-state index contributed by atoms with van der Waals surface area (Å²) in [6.07, 6.45) is 3.22. The second-order valence-corrected chi connectivity index (χ2v) is 5.75. The molecule has 2 N–H and O–H groups in total. The van der Waals surface area contributed by atoms with E-state index in [2.05, 4.69) is 10.6 Å². The maximum absolute atomic E-state index is 11.9. The topological polar surface area (TPSA) is 54.3 Å². The number of benzene rings is 1. The first kappa shape index (κ1) is 14.2. The first-order valence-electron chi connectivity index (χ1n) is 7.06. The highest BCUT2D eigenvalue weighted by Crippen LogP contribution is 2.26. The number of furan rings is 1. The van der Waals surface area contributed by atoms with Crippen LogP contribution in [-0.4, -0.2) is 19.0 Å². The summed E-state index contributed by atoms with van der Waals surface area (Å²) in [7, 11) is 0. The molecule has 3 rings (SSSR count). The molecule has 5 heteroatoms. The molecular formula is C16H17ClN2O2. The molecule has 0 aliphatic carbocycles. The molecule has 2 heterocycles. The SMILES string of the molecule is O=C(CC1CCNC1)Nc1cc(-c2ccc(Cl)cc2)co1. The van der Waals surface area contributed by atoms with E-state index in [4.69, 9.17) is 16.0 Å². The molecular weight excluding hydrogens is 288 g/mol. The second kappa shape index (κ2) is 6.33. The van der Waals surface area contributed by atoms with Crippen molar-refractivity contribution < 1.29 is 9.21 Å². The van der Waals surface area contributed by atoms with Gasteiger partial charge in [-0.15, -0.1) is 0 Å². The van der Waals surface area contributed by atoms with E-state index in [0.29, 0.717) is 23.2 Å². The Morgan fingerprint density at radius 3 is 2.86 bits per heavy atom. The number of carbonyl (C=O) groups is 1. The van der Waals surface area contributed by atoms with Crippen molar-refractivity contribution in [3.63, 3.8) is 0 Å². The number of halogens is 1. The average molecular weight is 305 g/mol. The van der Waals surface area contributed by atoms with Gasteiger partial charge in [0.15, 0.2) is 5.88 Å². The zero-order chi connectivity index (χ0) is 14.7. The summed E-state index contributed by atoms with van der Waals surface area (Å²) < 4.78 is 5.40. The third-order valence-electron chi connectivity index (χ3n) is 3.68. The summed E-state index contributed by atoms with van der Waals surface area (Å²) >= 11 is 5.87. The molecule has 1 atom stereocenters. The number of hydrogen-bond donors (Lipinski definition) is 2. The normalized spacial score (nSPS) is 17.9. The fraction of sp³-hybridized carbons (Fsp3) is 0.312. The molecule has 110 valence electrons. The summed E-state index contributed by atoms with van der Waals surface area (Å²) in [5.74, 6) is 0.910. The zero-order valence-corrected chi connectivity index (χ0v) is 12.3. The molecule has 0 bridgehead atoms. The van der Waals surface area contributed by atoms with Crippen molar-refractivity contribution in [1.29, 1.82) is 0 Å². The first-order chi connectivity index (χ1) is 10.2. The van der Waals surface area contributed by atoms with Gasteiger partial charge in [-0.1, -0.05) is 23.7 Å². The standard InChI is InChI=1S/C16H17ClN2O2/c17-14-3-1-12(2-4-14)13-8-16(21-10-13)19-15(20)7-11-5-6-18-9-11/h1-4,8,10-11,18H,5-7,9H2,(H,19,20). The molecule has 1 unspecified atom stereocenters. The Labute approximate surface area is 128 Å². The molecule has 1 saturated heterocycles. The quantitative estimate of drug-likeness (QED) is 0.908. The lowest BCUT2D eigenvalue weighted by Gasteiger charge is -2.06. The Kier molecular flexibility index (Phi) is 4.27. The van der Waals surface area contributed by atoms with Gasteiger partial charge in [0.1, 0.15) is 6.26 Å². The van der Waals surface area contributed by atoms with Gasteiger partial charge in [0.05, 0.1) is 0 Å². The van der Waals surface area contributed by atoms with Crippen LogP contribution in [0.4, 0.5) is 5.88 Å². The van der Waals surface area contributed by atoms with Crippen LogP contribution in [0.25, 0.3) is 11.1 Å². The van der Waals surface area contributed by atoms with E-state index in [-0.39, 0.29) is 5.91 Å². The second-order valence-electron chi connectivity index (χ2n) is 5.32. The largest absolute Gasteiger partial charge is 0.448 e. The van der Waals surface area contributed by atoms with Crippen LogP contribution in [0, 0.1) is 5.92 Å². The monoisotopic (exact) mass is 304 g/mol. The van der Waals surface area contributed by atoms with E-state index in [9.17, 15) is 4.79 Å². The van der Waals surface area contributed by atoms with Crippen LogP contribution >= 0.6 is 11.6 Å². The van der Waals surface area contributed by atoms with E-state index in [0.717, 1.165) is 30.6 Å². The molecule has 0 radical (unpaired) electrons. The molecule has 1 aromatic carbocycles. The molecule has 2 aromatic rings. The van der Waals surface area contributed by atoms with E-state index >= 15 is 0 Å². The number of anilines is 1. The maximum atomic E-state index is 11.9.